The Morgan fingerprint density at radius 2 is 2.08 bits per heavy atom. The van der Waals surface area contributed by atoms with Gasteiger partial charge in [-0.1, -0.05) is 30.7 Å². The third-order valence-corrected chi connectivity index (χ3v) is 4.61. The molecule has 0 saturated carbocycles. The minimum Gasteiger partial charge on any atom is -0.460 e. The number of imidazole rings is 1. The molecular formula is C20H18ClN3O2. The number of halogens is 1. The minimum absolute atomic E-state index is 0.126. The van der Waals surface area contributed by atoms with Crippen LogP contribution in [-0.4, -0.2) is 15.5 Å². The third-order valence-electron chi connectivity index (χ3n) is 4.33. The molecule has 0 saturated heterocycles. The number of fused-ring (bicyclic) bond motifs is 2. The van der Waals surface area contributed by atoms with E-state index in [1.54, 1.807) is 6.07 Å². The van der Waals surface area contributed by atoms with E-state index in [9.17, 15) is 4.79 Å². The predicted molar refractivity (Wildman–Crippen MR) is 104 cm³/mol. The van der Waals surface area contributed by atoms with E-state index >= 15 is 0 Å². The number of rotatable bonds is 4. The molecule has 0 spiro atoms. The third kappa shape index (κ3) is 2.95. The molecule has 0 aliphatic carbocycles. The monoisotopic (exact) mass is 367 g/mol. The highest BCUT2D eigenvalue weighted by Crippen LogP contribution is 2.30. The van der Waals surface area contributed by atoms with Crippen molar-refractivity contribution < 1.29 is 9.21 Å². The summed E-state index contributed by atoms with van der Waals surface area (Å²) in [5, 5.41) is 4.27. The number of carbonyl (C=O) groups excluding carboxylic acids is 1. The van der Waals surface area contributed by atoms with Gasteiger partial charge in [0.2, 0.25) is 5.91 Å². The van der Waals surface area contributed by atoms with Gasteiger partial charge in [-0.3, -0.25) is 4.79 Å². The van der Waals surface area contributed by atoms with E-state index in [2.05, 4.69) is 10.3 Å². The molecular weight excluding hydrogens is 350 g/mol. The number of hydrogen-bond acceptors (Lipinski definition) is 3. The van der Waals surface area contributed by atoms with Crippen LogP contribution in [0.5, 0.6) is 0 Å². The molecule has 26 heavy (non-hydrogen) atoms. The Balaban J connectivity index is 1.62. The highest BCUT2D eigenvalue weighted by atomic mass is 35.5. The number of benzene rings is 2. The fourth-order valence-electron chi connectivity index (χ4n) is 3.23. The number of nitrogens with one attached hydrogen (secondary N) is 1. The second-order valence-corrected chi connectivity index (χ2v) is 6.65. The summed E-state index contributed by atoms with van der Waals surface area (Å²) < 4.78 is 7.52. The van der Waals surface area contributed by atoms with E-state index in [1.807, 2.05) is 54.8 Å². The van der Waals surface area contributed by atoms with E-state index in [4.69, 9.17) is 16.0 Å². The molecule has 2 aromatic carbocycles. The first-order chi connectivity index (χ1) is 12.5. The zero-order chi connectivity index (χ0) is 18.3. The van der Waals surface area contributed by atoms with Crippen LogP contribution in [-0.2, 0) is 17.8 Å². The first-order valence-electron chi connectivity index (χ1n) is 8.49. The SMILES string of the molecule is CCc1nc2ccccc2n1CC(=O)Nc1cc(Cl)c2oc(C)cc2c1. The molecule has 4 aromatic rings. The molecule has 1 amide bonds. The van der Waals surface area contributed by atoms with Gasteiger partial charge in [-0.15, -0.1) is 0 Å². The summed E-state index contributed by atoms with van der Waals surface area (Å²) in [6.45, 7) is 4.10. The van der Waals surface area contributed by atoms with E-state index in [0.717, 1.165) is 34.4 Å². The number of carbonyl (C=O) groups is 1. The van der Waals surface area contributed by atoms with Crippen LogP contribution < -0.4 is 5.32 Å². The van der Waals surface area contributed by atoms with E-state index in [1.165, 1.54) is 0 Å². The lowest BCUT2D eigenvalue weighted by molar-refractivity contribution is -0.116. The largest absolute Gasteiger partial charge is 0.460 e. The number of nitrogens with zero attached hydrogens (tertiary/aromatic N) is 2. The van der Waals surface area contributed by atoms with Crippen LogP contribution in [0.15, 0.2) is 46.9 Å². The van der Waals surface area contributed by atoms with E-state index in [-0.39, 0.29) is 12.5 Å². The normalized spacial score (nSPS) is 11.3. The maximum atomic E-state index is 12.6. The van der Waals surface area contributed by atoms with Gasteiger partial charge in [-0.25, -0.2) is 4.98 Å². The van der Waals surface area contributed by atoms with Crippen molar-refractivity contribution in [2.45, 2.75) is 26.8 Å². The van der Waals surface area contributed by atoms with Crippen molar-refractivity contribution in [1.29, 1.82) is 0 Å². The van der Waals surface area contributed by atoms with Crippen LogP contribution in [0.4, 0.5) is 5.69 Å². The number of aromatic nitrogens is 2. The fraction of sp³-hybridized carbons (Fsp3) is 0.200. The molecule has 2 aromatic heterocycles. The van der Waals surface area contributed by atoms with Crippen molar-refractivity contribution in [1.82, 2.24) is 9.55 Å². The number of anilines is 1. The molecule has 6 heteroatoms. The molecule has 4 rings (SSSR count). The van der Waals surface area contributed by atoms with Crippen LogP contribution in [0.25, 0.3) is 22.0 Å². The van der Waals surface area contributed by atoms with Gasteiger partial charge in [0.15, 0.2) is 5.58 Å². The van der Waals surface area contributed by atoms with Crippen LogP contribution in [0.1, 0.15) is 18.5 Å². The van der Waals surface area contributed by atoms with Crippen LogP contribution in [0, 0.1) is 6.92 Å². The lowest BCUT2D eigenvalue weighted by atomic mass is 10.2. The van der Waals surface area contributed by atoms with E-state index in [0.29, 0.717) is 16.3 Å². The quantitative estimate of drug-likeness (QED) is 0.555. The van der Waals surface area contributed by atoms with Crippen LogP contribution in [0.2, 0.25) is 5.02 Å². The summed E-state index contributed by atoms with van der Waals surface area (Å²) in [5.41, 5.74) is 3.14. The lowest BCUT2D eigenvalue weighted by Crippen LogP contribution is -2.20. The van der Waals surface area contributed by atoms with Gasteiger partial charge in [-0.2, -0.15) is 0 Å². The molecule has 0 fully saturated rings. The molecule has 0 bridgehead atoms. The van der Waals surface area contributed by atoms with Crippen molar-refractivity contribution in [3.05, 3.63) is 59.1 Å². The molecule has 0 aliphatic heterocycles. The Labute approximate surface area is 155 Å². The lowest BCUT2D eigenvalue weighted by Gasteiger charge is -2.10. The van der Waals surface area contributed by atoms with Crippen molar-refractivity contribution in [2.75, 3.05) is 5.32 Å². The average Bonchev–Trinajstić information content (AvgIpc) is 3.15. The average molecular weight is 368 g/mol. The molecule has 1 N–H and O–H groups in total. The van der Waals surface area contributed by atoms with Gasteiger partial charge in [0, 0.05) is 17.5 Å². The molecule has 132 valence electrons. The van der Waals surface area contributed by atoms with E-state index < -0.39 is 0 Å². The first-order valence-corrected chi connectivity index (χ1v) is 8.86. The van der Waals surface area contributed by atoms with Gasteiger partial charge in [0.1, 0.15) is 18.1 Å². The standard InChI is InChI=1S/C20H18ClN3O2/c1-3-18-23-16-6-4-5-7-17(16)24(18)11-19(25)22-14-9-13-8-12(2)26-20(13)15(21)10-14/h4-10H,3,11H2,1-2H3,(H,22,25). The number of aryl methyl sites for hydroxylation is 2. The Morgan fingerprint density at radius 1 is 1.27 bits per heavy atom. The summed E-state index contributed by atoms with van der Waals surface area (Å²) in [6, 6.07) is 13.3. The van der Waals surface area contributed by atoms with Crippen molar-refractivity contribution in [3.8, 4) is 0 Å². The van der Waals surface area contributed by atoms with Crippen molar-refractivity contribution in [2.24, 2.45) is 0 Å². The maximum absolute atomic E-state index is 12.6. The summed E-state index contributed by atoms with van der Waals surface area (Å²) >= 11 is 6.27. The summed E-state index contributed by atoms with van der Waals surface area (Å²) in [7, 11) is 0. The fourth-order valence-corrected chi connectivity index (χ4v) is 3.49. The summed E-state index contributed by atoms with van der Waals surface area (Å²) in [4.78, 5) is 17.2. The number of furan rings is 1. The molecule has 0 atom stereocenters. The topological polar surface area (TPSA) is 60.1 Å². The van der Waals surface area contributed by atoms with Gasteiger partial charge in [0.25, 0.3) is 0 Å². The van der Waals surface area contributed by atoms with Gasteiger partial charge in [-0.05, 0) is 37.3 Å². The zero-order valence-electron chi connectivity index (χ0n) is 14.5. The number of para-hydroxylation sites is 2. The first kappa shape index (κ1) is 16.7. The maximum Gasteiger partial charge on any atom is 0.244 e. The van der Waals surface area contributed by atoms with Crippen molar-refractivity contribution >= 4 is 45.2 Å². The Hall–Kier alpha value is -2.79. The van der Waals surface area contributed by atoms with Gasteiger partial charge < -0.3 is 14.3 Å². The number of amides is 1. The summed E-state index contributed by atoms with van der Waals surface area (Å²) in [6.07, 6.45) is 0.758. The Bertz CT molecular complexity index is 1130. The predicted octanol–water partition coefficient (Wildman–Crippen LogP) is 4.95. The van der Waals surface area contributed by atoms with Crippen molar-refractivity contribution in [3.63, 3.8) is 0 Å². The minimum atomic E-state index is -0.126. The highest BCUT2D eigenvalue weighted by Gasteiger charge is 2.14. The number of hydrogen-bond donors (Lipinski definition) is 1. The molecule has 2 heterocycles. The Morgan fingerprint density at radius 3 is 2.88 bits per heavy atom. The Kier molecular flexibility index (Phi) is 4.17. The molecule has 0 aliphatic rings. The smallest absolute Gasteiger partial charge is 0.244 e. The highest BCUT2D eigenvalue weighted by molar-refractivity contribution is 6.35. The van der Waals surface area contributed by atoms with Gasteiger partial charge in [0.05, 0.1) is 16.1 Å². The second kappa shape index (κ2) is 6.50. The van der Waals surface area contributed by atoms with Crippen LogP contribution in [0.3, 0.4) is 0 Å². The molecule has 0 unspecified atom stereocenters. The second-order valence-electron chi connectivity index (χ2n) is 6.24. The molecule has 5 nitrogen and oxygen atoms in total. The molecule has 0 radical (unpaired) electrons. The summed E-state index contributed by atoms with van der Waals surface area (Å²) in [5.74, 6) is 1.54. The zero-order valence-corrected chi connectivity index (χ0v) is 15.3. The van der Waals surface area contributed by atoms with Gasteiger partial charge >= 0.3 is 0 Å². The van der Waals surface area contributed by atoms with Crippen LogP contribution >= 0.6 is 11.6 Å².